The molecule has 25 heavy (non-hydrogen) atoms. The molecule has 0 aliphatic rings. The van der Waals surface area contributed by atoms with Crippen LogP contribution in [0.1, 0.15) is 68.2 Å². The first-order valence-electron chi connectivity index (χ1n) is 9.23. The van der Waals surface area contributed by atoms with Crippen molar-refractivity contribution < 1.29 is 0 Å². The second-order valence-corrected chi connectivity index (χ2v) is 10.1. The van der Waals surface area contributed by atoms with E-state index in [0.29, 0.717) is 34.6 Å². The molecule has 2 atom stereocenters. The maximum atomic E-state index is 6.05. The molecule has 5 nitrogen and oxygen atoms in total. The molecule has 1 aromatic rings. The quantitative estimate of drug-likeness (QED) is 0.634. The van der Waals surface area contributed by atoms with Crippen LogP contribution in [0.4, 0.5) is 11.9 Å². The highest BCUT2D eigenvalue weighted by molar-refractivity contribution is 6.28. The Morgan fingerprint density at radius 2 is 1.12 bits per heavy atom. The predicted molar refractivity (Wildman–Crippen MR) is 108 cm³/mol. The topological polar surface area (TPSA) is 62.7 Å². The van der Waals surface area contributed by atoms with Crippen molar-refractivity contribution in [3.63, 3.8) is 0 Å². The molecule has 0 aliphatic heterocycles. The molecule has 144 valence electrons. The third-order valence-electron chi connectivity index (χ3n) is 3.75. The van der Waals surface area contributed by atoms with Gasteiger partial charge in [-0.05, 0) is 47.1 Å². The number of anilines is 2. The summed E-state index contributed by atoms with van der Waals surface area (Å²) in [6, 6.07) is 0. The van der Waals surface area contributed by atoms with Crippen LogP contribution in [0.25, 0.3) is 0 Å². The normalized spacial score (nSPS) is 14.9. The van der Waals surface area contributed by atoms with Crippen LogP contribution in [0.3, 0.4) is 0 Å². The van der Waals surface area contributed by atoms with Gasteiger partial charge in [-0.3, -0.25) is 0 Å². The van der Waals surface area contributed by atoms with E-state index in [1.807, 2.05) is 0 Å². The van der Waals surface area contributed by atoms with E-state index in [1.165, 1.54) is 0 Å². The van der Waals surface area contributed by atoms with Gasteiger partial charge in [0, 0.05) is 13.1 Å². The molecule has 1 rings (SSSR count). The van der Waals surface area contributed by atoms with E-state index in [1.54, 1.807) is 0 Å². The molecule has 1 heterocycles. The zero-order valence-corrected chi connectivity index (χ0v) is 18.0. The van der Waals surface area contributed by atoms with Gasteiger partial charge in [-0.25, -0.2) is 0 Å². The van der Waals surface area contributed by atoms with Crippen LogP contribution < -0.4 is 10.6 Å². The Kier molecular flexibility index (Phi) is 7.91. The number of nitrogens with one attached hydrogen (secondary N) is 2. The molecule has 2 N–H and O–H groups in total. The molecule has 0 aromatic carbocycles. The van der Waals surface area contributed by atoms with Gasteiger partial charge < -0.3 is 10.6 Å². The highest BCUT2D eigenvalue weighted by Crippen LogP contribution is 2.25. The summed E-state index contributed by atoms with van der Waals surface area (Å²) in [4.78, 5) is 12.8. The number of aromatic nitrogens is 3. The SMILES string of the molecule is CC(CNc1nc(Cl)nc(NCC(C)CC(C)(C)C)n1)CC(C)(C)C. The number of rotatable bonds is 8. The van der Waals surface area contributed by atoms with Gasteiger partial charge in [-0.2, -0.15) is 15.0 Å². The standard InChI is InChI=1S/C19H36ClN5/c1-13(9-18(3,4)5)11-21-16-23-15(20)24-17(25-16)22-12-14(2)10-19(6,7)8/h13-14H,9-12H2,1-8H3,(H2,21,22,23,24,25). The van der Waals surface area contributed by atoms with Crippen LogP contribution in [-0.4, -0.2) is 28.0 Å². The summed E-state index contributed by atoms with van der Waals surface area (Å²) >= 11 is 6.05. The van der Waals surface area contributed by atoms with E-state index in [9.17, 15) is 0 Å². The summed E-state index contributed by atoms with van der Waals surface area (Å²) in [5.74, 6) is 2.12. The molecule has 0 fully saturated rings. The van der Waals surface area contributed by atoms with Crippen molar-refractivity contribution in [2.75, 3.05) is 23.7 Å². The van der Waals surface area contributed by atoms with E-state index in [2.05, 4.69) is 81.0 Å². The highest BCUT2D eigenvalue weighted by Gasteiger charge is 2.17. The van der Waals surface area contributed by atoms with Gasteiger partial charge in [0.2, 0.25) is 17.2 Å². The average molecular weight is 370 g/mol. The number of nitrogens with zero attached hydrogens (tertiary/aromatic N) is 3. The van der Waals surface area contributed by atoms with Gasteiger partial charge in [0.05, 0.1) is 0 Å². The summed E-state index contributed by atoms with van der Waals surface area (Å²) < 4.78 is 0. The third-order valence-corrected chi connectivity index (χ3v) is 3.92. The van der Waals surface area contributed by atoms with Gasteiger partial charge in [0.1, 0.15) is 0 Å². The Bertz CT molecular complexity index is 489. The van der Waals surface area contributed by atoms with Crippen LogP contribution in [0.5, 0.6) is 0 Å². The lowest BCUT2D eigenvalue weighted by molar-refractivity contribution is 0.314. The zero-order valence-electron chi connectivity index (χ0n) is 17.2. The number of halogens is 1. The lowest BCUT2D eigenvalue weighted by Gasteiger charge is -2.24. The number of hydrogen-bond acceptors (Lipinski definition) is 5. The van der Waals surface area contributed by atoms with Crippen molar-refractivity contribution in [2.24, 2.45) is 22.7 Å². The van der Waals surface area contributed by atoms with Gasteiger partial charge in [-0.15, -0.1) is 0 Å². The summed E-state index contributed by atoms with van der Waals surface area (Å²) in [5.41, 5.74) is 0.626. The van der Waals surface area contributed by atoms with Crippen molar-refractivity contribution in [2.45, 2.75) is 68.2 Å². The van der Waals surface area contributed by atoms with Crippen molar-refractivity contribution >= 4 is 23.5 Å². The maximum absolute atomic E-state index is 6.05. The minimum absolute atomic E-state index is 0.215. The summed E-state index contributed by atoms with van der Waals surface area (Å²) in [6.45, 7) is 19.6. The molecule has 0 saturated heterocycles. The van der Waals surface area contributed by atoms with E-state index in [0.717, 1.165) is 25.9 Å². The predicted octanol–water partition coefficient (Wildman–Crippen LogP) is 5.49. The third kappa shape index (κ3) is 10.5. The van der Waals surface area contributed by atoms with E-state index in [-0.39, 0.29) is 5.28 Å². The minimum atomic E-state index is 0.215. The van der Waals surface area contributed by atoms with Gasteiger partial charge in [0.15, 0.2) is 0 Å². The van der Waals surface area contributed by atoms with Crippen molar-refractivity contribution in [3.8, 4) is 0 Å². The molecule has 2 unspecified atom stereocenters. The number of hydrogen-bond donors (Lipinski definition) is 2. The first-order valence-corrected chi connectivity index (χ1v) is 9.61. The molecular formula is C19H36ClN5. The zero-order chi connectivity index (χ0) is 19.3. The Balaban J connectivity index is 2.58. The summed E-state index contributed by atoms with van der Waals surface area (Å²) in [7, 11) is 0. The van der Waals surface area contributed by atoms with Crippen LogP contribution in [0, 0.1) is 22.7 Å². The van der Waals surface area contributed by atoms with E-state index in [4.69, 9.17) is 11.6 Å². The Morgan fingerprint density at radius 3 is 1.44 bits per heavy atom. The Morgan fingerprint density at radius 1 is 0.760 bits per heavy atom. The molecule has 0 spiro atoms. The molecule has 0 bridgehead atoms. The van der Waals surface area contributed by atoms with E-state index < -0.39 is 0 Å². The molecule has 0 saturated carbocycles. The summed E-state index contributed by atoms with van der Waals surface area (Å²) in [5, 5.41) is 6.79. The second-order valence-electron chi connectivity index (χ2n) is 9.75. The lowest BCUT2D eigenvalue weighted by atomic mass is 9.85. The average Bonchev–Trinajstić information content (AvgIpc) is 2.39. The maximum Gasteiger partial charge on any atom is 0.228 e. The van der Waals surface area contributed by atoms with Crippen molar-refractivity contribution in [1.82, 2.24) is 15.0 Å². The van der Waals surface area contributed by atoms with Crippen LogP contribution in [0.2, 0.25) is 5.28 Å². The molecule has 0 radical (unpaired) electrons. The molecule has 0 amide bonds. The molecule has 1 aromatic heterocycles. The van der Waals surface area contributed by atoms with E-state index >= 15 is 0 Å². The monoisotopic (exact) mass is 369 g/mol. The largest absolute Gasteiger partial charge is 0.354 e. The first kappa shape index (κ1) is 21.9. The molecule has 6 heteroatoms. The Labute approximate surface area is 158 Å². The second kappa shape index (κ2) is 9.02. The van der Waals surface area contributed by atoms with Crippen LogP contribution in [-0.2, 0) is 0 Å². The van der Waals surface area contributed by atoms with Gasteiger partial charge >= 0.3 is 0 Å². The minimum Gasteiger partial charge on any atom is -0.354 e. The Hall–Kier alpha value is -1.10. The summed E-state index contributed by atoms with van der Waals surface area (Å²) in [6.07, 6.45) is 2.27. The van der Waals surface area contributed by atoms with Crippen LogP contribution in [0.15, 0.2) is 0 Å². The fraction of sp³-hybridized carbons (Fsp3) is 0.842. The fourth-order valence-corrected chi connectivity index (χ4v) is 3.43. The first-order chi connectivity index (χ1) is 11.3. The van der Waals surface area contributed by atoms with Gasteiger partial charge in [0.25, 0.3) is 0 Å². The smallest absolute Gasteiger partial charge is 0.228 e. The lowest BCUT2D eigenvalue weighted by Crippen LogP contribution is -2.21. The van der Waals surface area contributed by atoms with Crippen molar-refractivity contribution in [1.29, 1.82) is 0 Å². The van der Waals surface area contributed by atoms with Crippen LogP contribution >= 0.6 is 11.6 Å². The van der Waals surface area contributed by atoms with Gasteiger partial charge in [-0.1, -0.05) is 55.4 Å². The molecular weight excluding hydrogens is 334 g/mol. The fourth-order valence-electron chi connectivity index (χ4n) is 3.27. The highest BCUT2D eigenvalue weighted by atomic mass is 35.5. The molecule has 0 aliphatic carbocycles. The van der Waals surface area contributed by atoms with Crippen molar-refractivity contribution in [3.05, 3.63) is 5.28 Å².